The van der Waals surface area contributed by atoms with E-state index in [-0.39, 0.29) is 12.5 Å². The van der Waals surface area contributed by atoms with Crippen LogP contribution in [-0.2, 0) is 11.3 Å². The summed E-state index contributed by atoms with van der Waals surface area (Å²) in [7, 11) is 0. The Morgan fingerprint density at radius 2 is 1.75 bits per heavy atom. The van der Waals surface area contributed by atoms with Gasteiger partial charge in [-0.25, -0.2) is 0 Å². The van der Waals surface area contributed by atoms with Gasteiger partial charge in [-0.3, -0.25) is 4.79 Å². The molecule has 0 atom stereocenters. The van der Waals surface area contributed by atoms with Crippen molar-refractivity contribution in [3.8, 4) is 0 Å². The van der Waals surface area contributed by atoms with E-state index in [0.717, 1.165) is 11.3 Å². The molecule has 0 aliphatic rings. The number of carbonyl (C=O) groups excluding carboxylic acids is 1. The van der Waals surface area contributed by atoms with Crippen molar-refractivity contribution in [3.05, 3.63) is 78.1 Å². The molecule has 1 aromatic heterocycles. The molecule has 3 rings (SSSR count). The van der Waals surface area contributed by atoms with E-state index in [1.165, 1.54) is 0 Å². The minimum atomic E-state index is -0.136. The zero-order valence-corrected chi connectivity index (χ0v) is 13.5. The van der Waals surface area contributed by atoms with Gasteiger partial charge in [0.1, 0.15) is 5.76 Å². The molecule has 0 aliphatic carbocycles. The quantitative estimate of drug-likeness (QED) is 0.753. The standard InChI is InChI=1S/C19H19N3O2/c1-15-12-18(21-24-15)20-19(23)14-22(17-10-6-3-7-11-17)13-16-8-4-2-5-9-16/h2-12H,13-14H2,1H3,(H,20,21,23). The van der Waals surface area contributed by atoms with Gasteiger partial charge >= 0.3 is 0 Å². The molecule has 5 heteroatoms. The summed E-state index contributed by atoms with van der Waals surface area (Å²) in [4.78, 5) is 14.4. The van der Waals surface area contributed by atoms with Crippen LogP contribution in [0.4, 0.5) is 11.5 Å². The van der Waals surface area contributed by atoms with Crippen molar-refractivity contribution in [1.29, 1.82) is 0 Å². The second-order valence-corrected chi connectivity index (χ2v) is 5.55. The fourth-order valence-corrected chi connectivity index (χ4v) is 2.46. The first-order valence-electron chi connectivity index (χ1n) is 7.78. The smallest absolute Gasteiger partial charge is 0.245 e. The number of rotatable bonds is 6. The fraction of sp³-hybridized carbons (Fsp3) is 0.158. The van der Waals surface area contributed by atoms with Crippen LogP contribution in [0.15, 0.2) is 71.3 Å². The summed E-state index contributed by atoms with van der Waals surface area (Å²) in [6.45, 7) is 2.66. The molecule has 24 heavy (non-hydrogen) atoms. The third-order valence-corrected chi connectivity index (χ3v) is 3.57. The first-order chi connectivity index (χ1) is 11.7. The van der Waals surface area contributed by atoms with Gasteiger partial charge in [0.05, 0.1) is 6.54 Å². The molecule has 1 N–H and O–H groups in total. The van der Waals surface area contributed by atoms with Gasteiger partial charge in [-0.05, 0) is 24.6 Å². The number of aryl methyl sites for hydroxylation is 1. The van der Waals surface area contributed by atoms with E-state index in [2.05, 4.69) is 22.6 Å². The predicted molar refractivity (Wildman–Crippen MR) is 93.8 cm³/mol. The average Bonchev–Trinajstić information content (AvgIpc) is 3.01. The summed E-state index contributed by atoms with van der Waals surface area (Å²) in [6.07, 6.45) is 0. The number of nitrogens with zero attached hydrogens (tertiary/aromatic N) is 2. The monoisotopic (exact) mass is 321 g/mol. The van der Waals surface area contributed by atoms with Crippen molar-refractivity contribution >= 4 is 17.4 Å². The maximum atomic E-state index is 12.4. The van der Waals surface area contributed by atoms with E-state index in [1.54, 1.807) is 13.0 Å². The minimum Gasteiger partial charge on any atom is -0.360 e. The molecule has 1 heterocycles. The topological polar surface area (TPSA) is 58.4 Å². The van der Waals surface area contributed by atoms with Crippen LogP contribution in [0.5, 0.6) is 0 Å². The van der Waals surface area contributed by atoms with Crippen LogP contribution in [-0.4, -0.2) is 17.6 Å². The fourth-order valence-electron chi connectivity index (χ4n) is 2.46. The number of hydrogen-bond acceptors (Lipinski definition) is 4. The molecule has 3 aromatic rings. The van der Waals surface area contributed by atoms with Crippen LogP contribution in [0.25, 0.3) is 0 Å². The third-order valence-electron chi connectivity index (χ3n) is 3.57. The lowest BCUT2D eigenvalue weighted by Crippen LogP contribution is -2.33. The number of hydrogen-bond donors (Lipinski definition) is 1. The molecule has 122 valence electrons. The highest BCUT2D eigenvalue weighted by Crippen LogP contribution is 2.17. The highest BCUT2D eigenvalue weighted by Gasteiger charge is 2.13. The van der Waals surface area contributed by atoms with Gasteiger partial charge in [0.2, 0.25) is 5.91 Å². The number of carbonyl (C=O) groups is 1. The highest BCUT2D eigenvalue weighted by molar-refractivity contribution is 5.93. The zero-order chi connectivity index (χ0) is 16.8. The maximum absolute atomic E-state index is 12.4. The summed E-state index contributed by atoms with van der Waals surface area (Å²) in [5, 5.41) is 6.56. The summed E-state index contributed by atoms with van der Waals surface area (Å²) in [6, 6.07) is 21.7. The Morgan fingerprint density at radius 3 is 2.38 bits per heavy atom. The Bertz CT molecular complexity index is 785. The van der Waals surface area contributed by atoms with Gasteiger partial charge in [0, 0.05) is 18.3 Å². The molecule has 0 fully saturated rings. The lowest BCUT2D eigenvalue weighted by molar-refractivity contribution is -0.115. The van der Waals surface area contributed by atoms with E-state index in [4.69, 9.17) is 4.52 Å². The Labute approximate surface area is 140 Å². The highest BCUT2D eigenvalue weighted by atomic mass is 16.5. The van der Waals surface area contributed by atoms with Gasteiger partial charge in [-0.2, -0.15) is 0 Å². The van der Waals surface area contributed by atoms with Crippen molar-refractivity contribution in [1.82, 2.24) is 5.16 Å². The molecule has 0 spiro atoms. The van der Waals surface area contributed by atoms with Crippen molar-refractivity contribution in [2.75, 3.05) is 16.8 Å². The Morgan fingerprint density at radius 1 is 1.08 bits per heavy atom. The Hall–Kier alpha value is -3.08. The molecule has 0 saturated heterocycles. The van der Waals surface area contributed by atoms with Crippen LogP contribution in [0.1, 0.15) is 11.3 Å². The first-order valence-corrected chi connectivity index (χ1v) is 7.78. The number of nitrogens with one attached hydrogen (secondary N) is 1. The predicted octanol–water partition coefficient (Wildman–Crippen LogP) is 3.63. The lowest BCUT2D eigenvalue weighted by atomic mass is 10.2. The van der Waals surface area contributed by atoms with Gasteiger partial charge in [-0.15, -0.1) is 0 Å². The van der Waals surface area contributed by atoms with E-state index < -0.39 is 0 Å². The van der Waals surface area contributed by atoms with Crippen LogP contribution < -0.4 is 10.2 Å². The second kappa shape index (κ2) is 7.46. The van der Waals surface area contributed by atoms with Gasteiger partial charge in [0.25, 0.3) is 0 Å². The van der Waals surface area contributed by atoms with Gasteiger partial charge < -0.3 is 14.7 Å². The molecule has 0 radical (unpaired) electrons. The van der Waals surface area contributed by atoms with Gasteiger partial charge in [-0.1, -0.05) is 53.7 Å². The lowest BCUT2D eigenvalue weighted by Gasteiger charge is -2.24. The molecule has 0 saturated carbocycles. The van der Waals surface area contributed by atoms with Crippen molar-refractivity contribution in [2.24, 2.45) is 0 Å². The Balaban J connectivity index is 1.73. The van der Waals surface area contributed by atoms with Crippen LogP contribution in [0, 0.1) is 6.92 Å². The number of para-hydroxylation sites is 1. The van der Waals surface area contributed by atoms with E-state index in [0.29, 0.717) is 18.1 Å². The number of benzene rings is 2. The molecule has 0 bridgehead atoms. The van der Waals surface area contributed by atoms with Crippen molar-refractivity contribution in [3.63, 3.8) is 0 Å². The van der Waals surface area contributed by atoms with E-state index >= 15 is 0 Å². The largest absolute Gasteiger partial charge is 0.360 e. The first kappa shape index (κ1) is 15.8. The summed E-state index contributed by atoms with van der Waals surface area (Å²) in [5.41, 5.74) is 2.14. The molecular formula is C19H19N3O2. The molecular weight excluding hydrogens is 302 g/mol. The SMILES string of the molecule is Cc1cc(NC(=O)CN(Cc2ccccc2)c2ccccc2)no1. The summed E-state index contributed by atoms with van der Waals surface area (Å²) < 4.78 is 4.97. The molecule has 0 unspecified atom stereocenters. The second-order valence-electron chi connectivity index (χ2n) is 5.55. The van der Waals surface area contributed by atoms with Crippen LogP contribution >= 0.6 is 0 Å². The molecule has 5 nitrogen and oxygen atoms in total. The Kier molecular flexibility index (Phi) is 4.91. The summed E-state index contributed by atoms with van der Waals surface area (Å²) >= 11 is 0. The zero-order valence-electron chi connectivity index (χ0n) is 13.5. The normalized spacial score (nSPS) is 10.4. The molecule has 2 aromatic carbocycles. The van der Waals surface area contributed by atoms with Crippen molar-refractivity contribution in [2.45, 2.75) is 13.5 Å². The molecule has 0 aliphatic heterocycles. The number of aromatic nitrogens is 1. The number of amides is 1. The minimum absolute atomic E-state index is 0.136. The maximum Gasteiger partial charge on any atom is 0.245 e. The van der Waals surface area contributed by atoms with Crippen molar-refractivity contribution < 1.29 is 9.32 Å². The number of anilines is 2. The summed E-state index contributed by atoms with van der Waals surface area (Å²) in [5.74, 6) is 0.961. The molecule has 1 amide bonds. The van der Waals surface area contributed by atoms with Gasteiger partial charge in [0.15, 0.2) is 5.82 Å². The average molecular weight is 321 g/mol. The van der Waals surface area contributed by atoms with E-state index in [1.807, 2.05) is 53.4 Å². The third kappa shape index (κ3) is 4.23. The van der Waals surface area contributed by atoms with Crippen LogP contribution in [0.3, 0.4) is 0 Å². The van der Waals surface area contributed by atoms with Crippen LogP contribution in [0.2, 0.25) is 0 Å². The van der Waals surface area contributed by atoms with E-state index in [9.17, 15) is 4.79 Å².